The van der Waals surface area contributed by atoms with E-state index in [0.717, 1.165) is 37.6 Å². The van der Waals surface area contributed by atoms with E-state index in [4.69, 9.17) is 4.74 Å². The average Bonchev–Trinajstić information content (AvgIpc) is 3.00. The first kappa shape index (κ1) is 20.9. The molecular weight excluding hydrogens is 386 g/mol. The zero-order valence-corrected chi connectivity index (χ0v) is 17.5. The molecule has 1 fully saturated rings. The van der Waals surface area contributed by atoms with Crippen molar-refractivity contribution in [2.24, 2.45) is 0 Å². The number of ether oxygens (including phenoxy) is 1. The van der Waals surface area contributed by atoms with E-state index in [2.05, 4.69) is 22.3 Å². The third-order valence-corrected chi connectivity index (χ3v) is 6.73. The summed E-state index contributed by atoms with van der Waals surface area (Å²) in [6.07, 6.45) is 1.99. The molecule has 1 aliphatic carbocycles. The maximum Gasteiger partial charge on any atom is 0.220 e. The number of nitrogens with zero attached hydrogens (tertiary/aromatic N) is 1. The predicted molar refractivity (Wildman–Crippen MR) is 111 cm³/mol. The number of hydrogen-bond donors (Lipinski definition) is 1. The van der Waals surface area contributed by atoms with Crippen molar-refractivity contribution in [2.75, 3.05) is 20.2 Å². The van der Waals surface area contributed by atoms with E-state index in [1.807, 2.05) is 19.1 Å². The number of halogens is 2. The van der Waals surface area contributed by atoms with Gasteiger partial charge in [0, 0.05) is 37.1 Å². The molecule has 1 heterocycles. The van der Waals surface area contributed by atoms with E-state index in [1.165, 1.54) is 17.7 Å². The molecule has 0 bridgehead atoms. The molecule has 160 valence electrons. The number of nitrogens with one attached hydrogen (secondary N) is 1. The first-order valence-electron chi connectivity index (χ1n) is 10.6. The molecule has 0 unspecified atom stereocenters. The number of piperidine rings is 1. The lowest BCUT2D eigenvalue weighted by Crippen LogP contribution is -2.50. The van der Waals surface area contributed by atoms with Gasteiger partial charge in [0.05, 0.1) is 12.1 Å². The first-order valence-corrected chi connectivity index (χ1v) is 10.6. The van der Waals surface area contributed by atoms with Crippen LogP contribution in [0, 0.1) is 11.6 Å². The summed E-state index contributed by atoms with van der Waals surface area (Å²) in [7, 11) is 1.71. The van der Waals surface area contributed by atoms with Crippen LogP contribution in [-0.4, -0.2) is 37.1 Å². The van der Waals surface area contributed by atoms with Crippen LogP contribution < -0.4 is 5.32 Å². The Morgan fingerprint density at radius 2 is 1.93 bits per heavy atom. The van der Waals surface area contributed by atoms with Crippen LogP contribution in [0.4, 0.5) is 8.78 Å². The van der Waals surface area contributed by atoms with Crippen LogP contribution in [0.5, 0.6) is 0 Å². The van der Waals surface area contributed by atoms with E-state index in [0.29, 0.717) is 18.5 Å². The number of hydrogen-bond acceptors (Lipinski definition) is 3. The number of likely N-dealkylation sites (tertiary alicyclic amines) is 1. The van der Waals surface area contributed by atoms with Crippen LogP contribution in [0.15, 0.2) is 42.5 Å². The maximum atomic E-state index is 14.1. The van der Waals surface area contributed by atoms with Crippen LogP contribution in [-0.2, 0) is 21.5 Å². The Morgan fingerprint density at radius 3 is 2.60 bits per heavy atom. The summed E-state index contributed by atoms with van der Waals surface area (Å²) in [5, 5.41) is 3.16. The molecule has 2 aliphatic rings. The van der Waals surface area contributed by atoms with Crippen molar-refractivity contribution < 1.29 is 18.3 Å². The lowest BCUT2D eigenvalue weighted by molar-refractivity contribution is -0.123. The normalized spacial score (nSPS) is 22.8. The second kappa shape index (κ2) is 8.44. The zero-order chi connectivity index (χ0) is 21.3. The van der Waals surface area contributed by atoms with Crippen molar-refractivity contribution in [2.45, 2.75) is 50.3 Å². The van der Waals surface area contributed by atoms with Gasteiger partial charge in [-0.1, -0.05) is 37.3 Å². The molecule has 0 saturated carbocycles. The van der Waals surface area contributed by atoms with E-state index < -0.39 is 11.6 Å². The van der Waals surface area contributed by atoms with Gasteiger partial charge in [0.2, 0.25) is 5.91 Å². The van der Waals surface area contributed by atoms with E-state index in [9.17, 15) is 13.6 Å². The number of amides is 1. The topological polar surface area (TPSA) is 41.6 Å². The van der Waals surface area contributed by atoms with Gasteiger partial charge in [-0.2, -0.15) is 0 Å². The summed E-state index contributed by atoms with van der Waals surface area (Å²) in [5.74, 6) is -1.05. The highest BCUT2D eigenvalue weighted by molar-refractivity contribution is 5.76. The van der Waals surface area contributed by atoms with E-state index in [1.54, 1.807) is 7.11 Å². The van der Waals surface area contributed by atoms with Crippen molar-refractivity contribution >= 4 is 5.91 Å². The molecule has 1 amide bonds. The molecule has 30 heavy (non-hydrogen) atoms. The van der Waals surface area contributed by atoms with Gasteiger partial charge >= 0.3 is 0 Å². The Hall–Kier alpha value is -2.31. The highest BCUT2D eigenvalue weighted by Crippen LogP contribution is 2.52. The molecule has 1 aliphatic heterocycles. The smallest absolute Gasteiger partial charge is 0.220 e. The highest BCUT2D eigenvalue weighted by atomic mass is 19.1. The Morgan fingerprint density at radius 1 is 1.20 bits per heavy atom. The molecule has 2 atom stereocenters. The van der Waals surface area contributed by atoms with Crippen LogP contribution in [0.3, 0.4) is 0 Å². The fourth-order valence-corrected chi connectivity index (χ4v) is 5.20. The minimum atomic E-state index is -0.556. The molecule has 4 nitrogen and oxygen atoms in total. The molecule has 0 radical (unpaired) electrons. The molecule has 1 spiro atoms. The first-order chi connectivity index (χ1) is 14.5. The second-order valence-corrected chi connectivity index (χ2v) is 8.31. The number of fused-ring (bicyclic) bond motifs is 2. The fraction of sp³-hybridized carbons (Fsp3) is 0.458. The molecular formula is C24H28F2N2O2. The summed E-state index contributed by atoms with van der Waals surface area (Å²) in [4.78, 5) is 14.4. The third-order valence-electron chi connectivity index (χ3n) is 6.73. The summed E-state index contributed by atoms with van der Waals surface area (Å²) in [6.45, 7) is 3.86. The maximum absolute atomic E-state index is 14.1. The van der Waals surface area contributed by atoms with Crippen LogP contribution >= 0.6 is 0 Å². The molecule has 2 aromatic carbocycles. The number of rotatable bonds is 5. The number of carbonyl (C=O) groups is 1. The minimum absolute atomic E-state index is 0.0122. The minimum Gasteiger partial charge on any atom is -0.378 e. The lowest BCUT2D eigenvalue weighted by Gasteiger charge is -2.44. The van der Waals surface area contributed by atoms with Crippen molar-refractivity contribution in [1.29, 1.82) is 0 Å². The molecule has 6 heteroatoms. The van der Waals surface area contributed by atoms with Gasteiger partial charge in [0.15, 0.2) is 0 Å². The summed E-state index contributed by atoms with van der Waals surface area (Å²) < 4.78 is 33.3. The van der Waals surface area contributed by atoms with Crippen molar-refractivity contribution in [3.05, 3.63) is 70.8 Å². The number of benzene rings is 2. The molecule has 4 rings (SSSR count). The van der Waals surface area contributed by atoms with E-state index >= 15 is 0 Å². The monoisotopic (exact) mass is 414 g/mol. The Labute approximate surface area is 176 Å². The standard InChI is InChI=1S/C24H28F2N2O2/c1-3-21(29)27-22-18-6-4-5-7-19(18)24(23(22)30-2)10-12-28(13-11-24)15-16-8-9-17(25)14-20(16)26/h4-9,14,22-23H,3,10-13,15H2,1-2H3,(H,27,29)/t22-,23+/m0/s1. The van der Waals surface area contributed by atoms with Gasteiger partial charge in [-0.05, 0) is 43.1 Å². The van der Waals surface area contributed by atoms with Gasteiger partial charge in [0.25, 0.3) is 0 Å². The quantitative estimate of drug-likeness (QED) is 0.801. The second-order valence-electron chi connectivity index (χ2n) is 8.31. The largest absolute Gasteiger partial charge is 0.378 e. The average molecular weight is 414 g/mol. The zero-order valence-electron chi connectivity index (χ0n) is 17.5. The van der Waals surface area contributed by atoms with Crippen LogP contribution in [0.1, 0.15) is 48.9 Å². The number of carbonyl (C=O) groups excluding carboxylic acids is 1. The molecule has 1 saturated heterocycles. The van der Waals surface area contributed by atoms with Crippen molar-refractivity contribution in [3.63, 3.8) is 0 Å². The van der Waals surface area contributed by atoms with Crippen molar-refractivity contribution in [1.82, 2.24) is 10.2 Å². The van der Waals surface area contributed by atoms with E-state index in [-0.39, 0.29) is 23.5 Å². The van der Waals surface area contributed by atoms with Crippen molar-refractivity contribution in [3.8, 4) is 0 Å². The van der Waals surface area contributed by atoms with Gasteiger partial charge in [0.1, 0.15) is 11.6 Å². The SMILES string of the molecule is CCC(=O)N[C@H]1c2ccccc2C2(CCN(Cc3ccc(F)cc3F)CC2)[C@@H]1OC. The Bertz CT molecular complexity index is 925. The van der Waals surface area contributed by atoms with Gasteiger partial charge in [-0.3, -0.25) is 9.69 Å². The fourth-order valence-electron chi connectivity index (χ4n) is 5.20. The molecule has 2 aromatic rings. The van der Waals surface area contributed by atoms with Gasteiger partial charge in [-0.25, -0.2) is 8.78 Å². The summed E-state index contributed by atoms with van der Waals surface area (Å²) in [5.41, 5.74) is 2.69. The van der Waals surface area contributed by atoms with Crippen LogP contribution in [0.2, 0.25) is 0 Å². The number of methoxy groups -OCH3 is 1. The lowest BCUT2D eigenvalue weighted by atomic mass is 9.72. The highest BCUT2D eigenvalue weighted by Gasteiger charge is 2.53. The molecule has 1 N–H and O–H groups in total. The Balaban J connectivity index is 1.56. The third kappa shape index (κ3) is 3.63. The van der Waals surface area contributed by atoms with Crippen LogP contribution in [0.25, 0.3) is 0 Å². The Kier molecular flexibility index (Phi) is 5.89. The summed E-state index contributed by atoms with van der Waals surface area (Å²) in [6, 6.07) is 11.9. The molecule has 0 aromatic heterocycles. The summed E-state index contributed by atoms with van der Waals surface area (Å²) >= 11 is 0. The van der Waals surface area contributed by atoms with Gasteiger partial charge in [-0.15, -0.1) is 0 Å². The van der Waals surface area contributed by atoms with Gasteiger partial charge < -0.3 is 10.1 Å². The predicted octanol–water partition coefficient (Wildman–Crippen LogP) is 4.09.